The summed E-state index contributed by atoms with van der Waals surface area (Å²) in [5.74, 6) is 0. The molecule has 0 radical (unpaired) electrons. The van der Waals surface area contributed by atoms with Gasteiger partial charge < -0.3 is 5.32 Å². The van der Waals surface area contributed by atoms with Crippen molar-refractivity contribution in [2.45, 2.75) is 25.8 Å². The second-order valence-corrected chi connectivity index (χ2v) is 4.38. The Labute approximate surface area is 96.6 Å². The predicted octanol–water partition coefficient (Wildman–Crippen LogP) is 2.71. The minimum Gasteiger partial charge on any atom is -0.310 e. The van der Waals surface area contributed by atoms with Gasteiger partial charge in [-0.05, 0) is 37.5 Å². The second-order valence-electron chi connectivity index (χ2n) is 4.38. The van der Waals surface area contributed by atoms with Crippen LogP contribution in [0.1, 0.15) is 30.9 Å². The maximum atomic E-state index is 8.69. The van der Waals surface area contributed by atoms with Crippen molar-refractivity contribution in [1.29, 1.82) is 5.26 Å². The van der Waals surface area contributed by atoms with E-state index >= 15 is 0 Å². The highest BCUT2D eigenvalue weighted by Gasteiger charge is 2.19. The Kier molecular flexibility index (Phi) is 3.38. The molecule has 1 N–H and O–H groups in total. The molecule has 82 valence electrons. The van der Waals surface area contributed by atoms with E-state index in [1.807, 2.05) is 24.3 Å². The van der Waals surface area contributed by atoms with E-state index in [1.165, 1.54) is 18.4 Å². The smallest absolute Gasteiger partial charge is 0.0991 e. The van der Waals surface area contributed by atoms with Crippen molar-refractivity contribution < 1.29 is 0 Å². The van der Waals surface area contributed by atoms with Crippen LogP contribution in [-0.4, -0.2) is 12.6 Å². The topological polar surface area (TPSA) is 35.8 Å². The first-order valence-electron chi connectivity index (χ1n) is 5.68. The van der Waals surface area contributed by atoms with Gasteiger partial charge in [0.2, 0.25) is 0 Å². The number of benzene rings is 1. The standard InChI is InChI=1S/C14H16N2/c1-11(10-16-14-6-7-14)8-12-2-4-13(9-15)5-3-12/h2-5,8,14,16H,6-7,10H2,1H3. The molecule has 1 aromatic carbocycles. The van der Waals surface area contributed by atoms with Crippen LogP contribution >= 0.6 is 0 Å². The average molecular weight is 212 g/mol. The highest BCUT2D eigenvalue weighted by atomic mass is 14.9. The fourth-order valence-corrected chi connectivity index (χ4v) is 1.58. The van der Waals surface area contributed by atoms with Gasteiger partial charge in [-0.25, -0.2) is 0 Å². The summed E-state index contributed by atoms with van der Waals surface area (Å²) in [4.78, 5) is 0. The molecule has 2 nitrogen and oxygen atoms in total. The highest BCUT2D eigenvalue weighted by molar-refractivity contribution is 5.54. The molecule has 1 saturated carbocycles. The normalized spacial score (nSPS) is 15.9. The van der Waals surface area contributed by atoms with E-state index in [-0.39, 0.29) is 0 Å². The number of hydrogen-bond acceptors (Lipinski definition) is 2. The summed E-state index contributed by atoms with van der Waals surface area (Å²) < 4.78 is 0. The Balaban J connectivity index is 1.94. The molecule has 0 atom stereocenters. The molecule has 0 amide bonds. The maximum Gasteiger partial charge on any atom is 0.0991 e. The number of nitrogens with zero attached hydrogens (tertiary/aromatic N) is 1. The molecule has 0 unspecified atom stereocenters. The van der Waals surface area contributed by atoms with Gasteiger partial charge in [-0.2, -0.15) is 5.26 Å². The zero-order valence-electron chi connectivity index (χ0n) is 9.53. The van der Waals surface area contributed by atoms with Crippen LogP contribution in [0.4, 0.5) is 0 Å². The first-order chi connectivity index (χ1) is 7.78. The molecule has 2 rings (SSSR count). The van der Waals surface area contributed by atoms with Crippen LogP contribution in [0.5, 0.6) is 0 Å². The molecule has 0 aliphatic heterocycles. The number of rotatable bonds is 4. The third-order valence-corrected chi connectivity index (χ3v) is 2.70. The third kappa shape index (κ3) is 3.22. The summed E-state index contributed by atoms with van der Waals surface area (Å²) in [7, 11) is 0. The summed E-state index contributed by atoms with van der Waals surface area (Å²) in [6.07, 6.45) is 4.81. The van der Waals surface area contributed by atoms with Gasteiger partial charge in [-0.3, -0.25) is 0 Å². The van der Waals surface area contributed by atoms with Crippen molar-refractivity contribution in [2.75, 3.05) is 6.54 Å². The average Bonchev–Trinajstić information content (AvgIpc) is 3.11. The molecule has 1 aromatic rings. The van der Waals surface area contributed by atoms with E-state index in [0.717, 1.165) is 18.2 Å². The fraction of sp³-hybridized carbons (Fsp3) is 0.357. The predicted molar refractivity (Wildman–Crippen MR) is 65.8 cm³/mol. The Bertz CT molecular complexity index is 419. The van der Waals surface area contributed by atoms with Crippen molar-refractivity contribution >= 4 is 6.08 Å². The zero-order chi connectivity index (χ0) is 11.4. The minimum atomic E-state index is 0.714. The van der Waals surface area contributed by atoms with Gasteiger partial charge in [0.05, 0.1) is 11.6 Å². The molecule has 1 fully saturated rings. The molecule has 1 aliphatic rings. The Morgan fingerprint density at radius 2 is 2.12 bits per heavy atom. The van der Waals surface area contributed by atoms with E-state index in [2.05, 4.69) is 24.4 Å². The van der Waals surface area contributed by atoms with E-state index < -0.39 is 0 Å². The zero-order valence-corrected chi connectivity index (χ0v) is 9.53. The van der Waals surface area contributed by atoms with Gasteiger partial charge in [-0.1, -0.05) is 23.8 Å². The second kappa shape index (κ2) is 4.96. The van der Waals surface area contributed by atoms with Crippen molar-refractivity contribution in [2.24, 2.45) is 0 Å². The van der Waals surface area contributed by atoms with Gasteiger partial charge in [0.15, 0.2) is 0 Å². The summed E-state index contributed by atoms with van der Waals surface area (Å²) in [6.45, 7) is 3.10. The minimum absolute atomic E-state index is 0.714. The van der Waals surface area contributed by atoms with Crippen molar-refractivity contribution in [1.82, 2.24) is 5.32 Å². The monoisotopic (exact) mass is 212 g/mol. The molecule has 1 aliphatic carbocycles. The molecule has 0 heterocycles. The lowest BCUT2D eigenvalue weighted by Gasteiger charge is -2.03. The first kappa shape index (κ1) is 10.9. The van der Waals surface area contributed by atoms with Gasteiger partial charge >= 0.3 is 0 Å². The summed E-state index contributed by atoms with van der Waals surface area (Å²) >= 11 is 0. The van der Waals surface area contributed by atoms with E-state index in [4.69, 9.17) is 5.26 Å². The van der Waals surface area contributed by atoms with E-state index in [9.17, 15) is 0 Å². The van der Waals surface area contributed by atoms with Crippen LogP contribution in [0, 0.1) is 11.3 Å². The molecule has 2 heteroatoms. The van der Waals surface area contributed by atoms with Gasteiger partial charge in [-0.15, -0.1) is 0 Å². The largest absolute Gasteiger partial charge is 0.310 e. The van der Waals surface area contributed by atoms with Crippen molar-refractivity contribution in [3.63, 3.8) is 0 Å². The van der Waals surface area contributed by atoms with Crippen LogP contribution in [0.15, 0.2) is 29.8 Å². The summed E-state index contributed by atoms with van der Waals surface area (Å²) in [5.41, 5.74) is 3.21. The number of nitriles is 1. The Morgan fingerprint density at radius 3 is 2.69 bits per heavy atom. The van der Waals surface area contributed by atoms with Gasteiger partial charge in [0.25, 0.3) is 0 Å². The molecule has 16 heavy (non-hydrogen) atoms. The molecule has 0 spiro atoms. The summed E-state index contributed by atoms with van der Waals surface area (Å²) in [5, 5.41) is 12.2. The molecular weight excluding hydrogens is 196 g/mol. The lowest BCUT2D eigenvalue weighted by molar-refractivity contribution is 0.736. The lowest BCUT2D eigenvalue weighted by atomic mass is 10.1. The van der Waals surface area contributed by atoms with Crippen LogP contribution in [-0.2, 0) is 0 Å². The van der Waals surface area contributed by atoms with Crippen LogP contribution in [0.3, 0.4) is 0 Å². The first-order valence-corrected chi connectivity index (χ1v) is 5.68. The van der Waals surface area contributed by atoms with Crippen LogP contribution in [0.2, 0.25) is 0 Å². The summed E-state index contributed by atoms with van der Waals surface area (Å²) in [6, 6.07) is 10.6. The lowest BCUT2D eigenvalue weighted by Crippen LogP contribution is -2.18. The quantitative estimate of drug-likeness (QED) is 0.833. The maximum absolute atomic E-state index is 8.69. The van der Waals surface area contributed by atoms with E-state index in [0.29, 0.717) is 5.56 Å². The molecule has 0 bridgehead atoms. The van der Waals surface area contributed by atoms with Crippen LogP contribution in [0.25, 0.3) is 6.08 Å². The fourth-order valence-electron chi connectivity index (χ4n) is 1.58. The molecule has 0 saturated heterocycles. The van der Waals surface area contributed by atoms with Gasteiger partial charge in [0, 0.05) is 12.6 Å². The Hall–Kier alpha value is -1.59. The molecule has 0 aromatic heterocycles. The Morgan fingerprint density at radius 1 is 1.44 bits per heavy atom. The number of nitrogens with one attached hydrogen (secondary N) is 1. The van der Waals surface area contributed by atoms with E-state index in [1.54, 1.807) is 0 Å². The highest BCUT2D eigenvalue weighted by Crippen LogP contribution is 2.19. The number of hydrogen-bond donors (Lipinski definition) is 1. The van der Waals surface area contributed by atoms with Crippen molar-refractivity contribution in [3.8, 4) is 6.07 Å². The third-order valence-electron chi connectivity index (χ3n) is 2.70. The SMILES string of the molecule is CC(=Cc1ccc(C#N)cc1)CNC1CC1. The van der Waals surface area contributed by atoms with Gasteiger partial charge in [0.1, 0.15) is 0 Å². The van der Waals surface area contributed by atoms with Crippen molar-refractivity contribution in [3.05, 3.63) is 41.0 Å². The molecular formula is C14H16N2. The van der Waals surface area contributed by atoms with Crippen LogP contribution < -0.4 is 5.32 Å².